The number of hydrogen-bond donors (Lipinski definition) is 0. The van der Waals surface area contributed by atoms with Crippen molar-refractivity contribution in [3.8, 4) is 0 Å². The van der Waals surface area contributed by atoms with Gasteiger partial charge in [0.15, 0.2) is 0 Å². The van der Waals surface area contributed by atoms with Crippen LogP contribution in [0.1, 0.15) is 53.4 Å². The lowest BCUT2D eigenvalue weighted by molar-refractivity contribution is -0.145. The lowest BCUT2D eigenvalue weighted by Gasteiger charge is -2.26. The predicted molar refractivity (Wildman–Crippen MR) is 90.2 cm³/mol. The lowest BCUT2D eigenvalue weighted by Crippen LogP contribution is -2.36. The van der Waals surface area contributed by atoms with E-state index in [0.29, 0.717) is 0 Å². The molecule has 2 fully saturated rings. The Bertz CT molecular complexity index is 485. The Balaban J connectivity index is 1.80. The van der Waals surface area contributed by atoms with Crippen molar-refractivity contribution in [2.45, 2.75) is 71.2 Å². The maximum Gasteiger partial charge on any atom is 0.311 e. The average Bonchev–Trinajstić information content (AvgIpc) is 3.09. The molecule has 2 heterocycles. The molecule has 0 unspecified atom stereocenters. The average molecular weight is 321 g/mol. The zero-order valence-corrected chi connectivity index (χ0v) is 15.0. The summed E-state index contributed by atoms with van der Waals surface area (Å²) < 4.78 is 11.9. The Hall–Kier alpha value is -0.870. The summed E-state index contributed by atoms with van der Waals surface area (Å²) in [6, 6.07) is 0. The first kappa shape index (κ1) is 17.0. The minimum atomic E-state index is -0.0958. The van der Waals surface area contributed by atoms with Gasteiger partial charge in [0.05, 0.1) is 11.5 Å². The second-order valence-corrected chi connectivity index (χ2v) is 7.64. The second-order valence-electron chi connectivity index (χ2n) is 7.64. The molecule has 3 rings (SSSR count). The molecule has 23 heavy (non-hydrogen) atoms. The van der Waals surface area contributed by atoms with Gasteiger partial charge in [0.25, 0.3) is 0 Å². The van der Waals surface area contributed by atoms with Crippen LogP contribution in [0.3, 0.4) is 0 Å². The highest BCUT2D eigenvalue weighted by molar-refractivity contribution is 5.75. The molecule has 4 heteroatoms. The van der Waals surface area contributed by atoms with Gasteiger partial charge in [-0.25, -0.2) is 0 Å². The van der Waals surface area contributed by atoms with E-state index >= 15 is 0 Å². The fraction of sp³-hybridized carbons (Fsp3) is 0.842. The van der Waals surface area contributed by atoms with Crippen LogP contribution in [0.25, 0.3) is 0 Å². The van der Waals surface area contributed by atoms with E-state index in [-0.39, 0.29) is 35.6 Å². The molecular formula is C19H31NO3. The smallest absolute Gasteiger partial charge is 0.311 e. The Labute approximate surface area is 140 Å². The molecule has 5 atom stereocenters. The highest BCUT2D eigenvalue weighted by Crippen LogP contribution is 2.50. The number of rotatable bonds is 4. The van der Waals surface area contributed by atoms with Gasteiger partial charge in [-0.2, -0.15) is 0 Å². The van der Waals surface area contributed by atoms with Gasteiger partial charge in [-0.05, 0) is 52.6 Å². The van der Waals surface area contributed by atoms with Gasteiger partial charge in [-0.3, -0.25) is 4.79 Å². The van der Waals surface area contributed by atoms with Crippen molar-refractivity contribution in [1.82, 2.24) is 4.90 Å². The van der Waals surface area contributed by atoms with Crippen molar-refractivity contribution in [3.63, 3.8) is 0 Å². The minimum Gasteiger partial charge on any atom is -0.459 e. The summed E-state index contributed by atoms with van der Waals surface area (Å²) in [5, 5.41) is 0. The third-order valence-corrected chi connectivity index (χ3v) is 6.09. The Morgan fingerprint density at radius 2 is 2.09 bits per heavy atom. The van der Waals surface area contributed by atoms with E-state index < -0.39 is 0 Å². The summed E-state index contributed by atoms with van der Waals surface area (Å²) >= 11 is 0. The molecule has 0 radical (unpaired) electrons. The van der Waals surface area contributed by atoms with E-state index in [1.54, 1.807) is 0 Å². The van der Waals surface area contributed by atoms with E-state index in [1.165, 1.54) is 5.57 Å². The molecule has 2 saturated heterocycles. The Morgan fingerprint density at radius 1 is 1.35 bits per heavy atom. The maximum absolute atomic E-state index is 12.5. The van der Waals surface area contributed by atoms with Gasteiger partial charge in [-0.1, -0.05) is 25.5 Å². The summed E-state index contributed by atoms with van der Waals surface area (Å²) in [6.07, 6.45) is 6.59. The summed E-state index contributed by atoms with van der Waals surface area (Å²) in [5.74, 6) is 0.280. The molecule has 0 amide bonds. The summed E-state index contributed by atoms with van der Waals surface area (Å²) in [5.41, 5.74) is 1.34. The molecule has 3 aliphatic rings. The molecule has 1 aliphatic carbocycles. The predicted octanol–water partition coefficient (Wildman–Crippen LogP) is 3.16. The van der Waals surface area contributed by atoms with Gasteiger partial charge in [-0.15, -0.1) is 0 Å². The number of ether oxygens (including phenoxy) is 2. The third-order valence-electron chi connectivity index (χ3n) is 6.09. The number of hydrogen-bond acceptors (Lipinski definition) is 4. The van der Waals surface area contributed by atoms with Crippen LogP contribution < -0.4 is 0 Å². The lowest BCUT2D eigenvalue weighted by atomic mass is 9.80. The number of esters is 1. The number of carbonyl (C=O) groups is 1. The molecule has 130 valence electrons. The fourth-order valence-corrected chi connectivity index (χ4v) is 4.31. The van der Waals surface area contributed by atoms with Crippen LogP contribution in [-0.2, 0) is 14.3 Å². The van der Waals surface area contributed by atoms with Crippen LogP contribution in [0, 0.1) is 11.8 Å². The van der Waals surface area contributed by atoms with Gasteiger partial charge < -0.3 is 14.4 Å². The minimum absolute atomic E-state index is 0.000534. The summed E-state index contributed by atoms with van der Waals surface area (Å²) in [4.78, 5) is 14.9. The molecule has 0 aromatic rings. The third kappa shape index (κ3) is 3.34. The van der Waals surface area contributed by atoms with E-state index in [0.717, 1.165) is 45.3 Å². The molecule has 0 aromatic carbocycles. The first-order chi connectivity index (χ1) is 11.0. The number of nitrogens with zero attached hydrogens (tertiary/aromatic N) is 1. The first-order valence-electron chi connectivity index (χ1n) is 9.24. The number of carbonyl (C=O) groups excluding carboxylic acids is 1. The van der Waals surface area contributed by atoms with Crippen molar-refractivity contribution in [1.29, 1.82) is 0 Å². The zero-order valence-electron chi connectivity index (χ0n) is 15.0. The van der Waals surface area contributed by atoms with E-state index in [9.17, 15) is 4.79 Å². The van der Waals surface area contributed by atoms with Crippen LogP contribution in [0.2, 0.25) is 0 Å². The van der Waals surface area contributed by atoms with Crippen molar-refractivity contribution >= 4 is 5.97 Å². The van der Waals surface area contributed by atoms with E-state index in [2.05, 4.69) is 38.7 Å². The quantitative estimate of drug-likeness (QED) is 0.453. The highest BCUT2D eigenvalue weighted by Gasteiger charge is 2.62. The fourth-order valence-electron chi connectivity index (χ4n) is 4.31. The van der Waals surface area contributed by atoms with Crippen molar-refractivity contribution in [3.05, 3.63) is 11.6 Å². The van der Waals surface area contributed by atoms with Crippen LogP contribution in [0.15, 0.2) is 11.6 Å². The molecule has 4 nitrogen and oxygen atoms in total. The first-order valence-corrected chi connectivity index (χ1v) is 9.24. The van der Waals surface area contributed by atoms with Crippen molar-refractivity contribution < 1.29 is 14.3 Å². The zero-order chi connectivity index (χ0) is 16.6. The molecule has 0 aromatic heterocycles. The van der Waals surface area contributed by atoms with Crippen LogP contribution in [-0.4, -0.2) is 48.3 Å². The Morgan fingerprint density at radius 3 is 2.78 bits per heavy atom. The largest absolute Gasteiger partial charge is 0.459 e. The monoisotopic (exact) mass is 321 g/mol. The van der Waals surface area contributed by atoms with E-state index in [1.807, 2.05) is 0 Å². The van der Waals surface area contributed by atoms with Crippen molar-refractivity contribution in [2.24, 2.45) is 11.8 Å². The topological polar surface area (TPSA) is 42.1 Å². The number of allylic oxidation sites excluding steroid dienone is 2. The number of epoxide rings is 1. The second kappa shape index (κ2) is 6.56. The van der Waals surface area contributed by atoms with Crippen LogP contribution in [0.5, 0.6) is 0 Å². The maximum atomic E-state index is 12.5. The van der Waals surface area contributed by atoms with Crippen LogP contribution >= 0.6 is 0 Å². The molecule has 0 saturated carbocycles. The van der Waals surface area contributed by atoms with Gasteiger partial charge in [0.2, 0.25) is 0 Å². The summed E-state index contributed by atoms with van der Waals surface area (Å²) in [7, 11) is 0. The van der Waals surface area contributed by atoms with Gasteiger partial charge in [0, 0.05) is 12.5 Å². The molecule has 2 aliphatic heterocycles. The van der Waals surface area contributed by atoms with Gasteiger partial charge in [0.1, 0.15) is 12.2 Å². The normalized spacial score (nSPS) is 42.5. The molecule has 0 spiro atoms. The molecule has 0 bridgehead atoms. The van der Waals surface area contributed by atoms with Gasteiger partial charge >= 0.3 is 5.97 Å². The Kier molecular flexibility index (Phi) is 4.84. The molecular weight excluding hydrogens is 290 g/mol. The van der Waals surface area contributed by atoms with Crippen molar-refractivity contribution in [2.75, 3.05) is 19.6 Å². The standard InChI is InChI=1S/C19H31NO3/c1-5-20(6-2)12-15-14-10-9-13(3)8-7-11-19(4)17(23-19)16(14)22-18(15)21/h8,14-17H,5-7,9-12H2,1-4H3/b13-8+/t14-,15-,16-,17-,19+/m0/s1. The van der Waals surface area contributed by atoms with Crippen LogP contribution in [0.4, 0.5) is 0 Å². The SMILES string of the molecule is CCN(CC)C[C@@H]1C(=O)O[C@H]2[C@H]1CC/C(C)=C/CC[C@@]1(C)O[C@@H]21. The number of fused-ring (bicyclic) bond motifs is 3. The van der Waals surface area contributed by atoms with E-state index in [4.69, 9.17) is 9.47 Å². The molecule has 0 N–H and O–H groups in total. The summed E-state index contributed by atoms with van der Waals surface area (Å²) in [6.45, 7) is 11.5. The highest BCUT2D eigenvalue weighted by atomic mass is 16.6.